The van der Waals surface area contributed by atoms with Crippen LogP contribution in [0.2, 0.25) is 0 Å². The fourth-order valence-electron chi connectivity index (χ4n) is 2.17. The second-order valence-corrected chi connectivity index (χ2v) is 4.87. The van der Waals surface area contributed by atoms with E-state index in [0.717, 1.165) is 5.69 Å². The third-order valence-corrected chi connectivity index (χ3v) is 3.19. The second-order valence-electron chi connectivity index (χ2n) is 4.87. The summed E-state index contributed by atoms with van der Waals surface area (Å²) in [6.07, 6.45) is 0.667. The van der Waals surface area contributed by atoms with Crippen LogP contribution in [0.3, 0.4) is 0 Å². The van der Waals surface area contributed by atoms with Crippen LogP contribution in [0.15, 0.2) is 30.3 Å². The summed E-state index contributed by atoms with van der Waals surface area (Å²) in [5.41, 5.74) is 7.45. The smallest absolute Gasteiger partial charge is 0.276 e. The normalized spacial score (nSPS) is 10.7. The van der Waals surface area contributed by atoms with E-state index in [-0.39, 0.29) is 11.7 Å². The lowest BCUT2D eigenvalue weighted by Gasteiger charge is -2.22. The number of hydrogen-bond donors (Lipinski definition) is 1. The Balaban J connectivity index is 2.33. The van der Waals surface area contributed by atoms with E-state index in [1.807, 2.05) is 6.92 Å². The molecular weight excluding hydrogens is 271 g/mol. The number of benzene rings is 1. The number of carbonyl (C=O) groups is 1. The van der Waals surface area contributed by atoms with Crippen LogP contribution in [0.25, 0.3) is 0 Å². The van der Waals surface area contributed by atoms with Crippen LogP contribution in [0.4, 0.5) is 10.1 Å². The maximum absolute atomic E-state index is 13.1. The lowest BCUT2D eigenvalue weighted by atomic mass is 10.2. The van der Waals surface area contributed by atoms with Crippen LogP contribution in [0, 0.1) is 12.7 Å². The Morgan fingerprint density at radius 2 is 2.05 bits per heavy atom. The number of rotatable bonds is 5. The van der Waals surface area contributed by atoms with Crippen molar-refractivity contribution in [2.45, 2.75) is 13.3 Å². The molecule has 2 N–H and O–H groups in total. The molecule has 2 aromatic rings. The molecule has 0 bridgehead atoms. The van der Waals surface area contributed by atoms with E-state index in [2.05, 4.69) is 5.10 Å². The highest BCUT2D eigenvalue weighted by Crippen LogP contribution is 2.18. The van der Waals surface area contributed by atoms with Gasteiger partial charge < -0.3 is 10.6 Å². The zero-order valence-electron chi connectivity index (χ0n) is 12.2. The average molecular weight is 290 g/mol. The summed E-state index contributed by atoms with van der Waals surface area (Å²) in [6.45, 7) is 2.79. The largest absolute Gasteiger partial charge is 0.330 e. The number of anilines is 1. The summed E-state index contributed by atoms with van der Waals surface area (Å²) >= 11 is 0. The van der Waals surface area contributed by atoms with Crippen LogP contribution in [-0.2, 0) is 7.05 Å². The van der Waals surface area contributed by atoms with Crippen LogP contribution >= 0.6 is 0 Å². The topological polar surface area (TPSA) is 64.2 Å². The van der Waals surface area contributed by atoms with E-state index in [4.69, 9.17) is 5.73 Å². The van der Waals surface area contributed by atoms with Gasteiger partial charge in [-0.05, 0) is 50.2 Å². The number of halogens is 1. The summed E-state index contributed by atoms with van der Waals surface area (Å²) in [6, 6.07) is 7.60. The molecule has 0 unspecified atom stereocenters. The number of amides is 1. The summed E-state index contributed by atoms with van der Waals surface area (Å²) in [7, 11) is 1.73. The van der Waals surface area contributed by atoms with Gasteiger partial charge in [0.15, 0.2) is 0 Å². The standard InChI is InChI=1S/C15H19FN4O/c1-11-10-14(19(2)18-11)15(21)20(9-3-8-17)13-6-4-12(16)5-7-13/h4-7,10H,3,8-9,17H2,1-2H3. The van der Waals surface area contributed by atoms with Crippen molar-refractivity contribution in [2.75, 3.05) is 18.0 Å². The van der Waals surface area contributed by atoms with Gasteiger partial charge in [0.25, 0.3) is 5.91 Å². The third kappa shape index (κ3) is 3.46. The van der Waals surface area contributed by atoms with Crippen molar-refractivity contribution in [1.29, 1.82) is 0 Å². The van der Waals surface area contributed by atoms with Gasteiger partial charge in [-0.3, -0.25) is 9.48 Å². The van der Waals surface area contributed by atoms with Gasteiger partial charge in [0.1, 0.15) is 11.5 Å². The van der Waals surface area contributed by atoms with Gasteiger partial charge in [0.05, 0.1) is 5.69 Å². The van der Waals surface area contributed by atoms with Crippen LogP contribution in [-0.4, -0.2) is 28.8 Å². The average Bonchev–Trinajstić information content (AvgIpc) is 2.79. The second kappa shape index (κ2) is 6.49. The minimum Gasteiger partial charge on any atom is -0.330 e. The van der Waals surface area contributed by atoms with Gasteiger partial charge in [-0.1, -0.05) is 0 Å². The van der Waals surface area contributed by atoms with Crippen LogP contribution < -0.4 is 10.6 Å². The van der Waals surface area contributed by atoms with Crippen molar-refractivity contribution in [3.63, 3.8) is 0 Å². The highest BCUT2D eigenvalue weighted by atomic mass is 19.1. The van der Waals surface area contributed by atoms with Gasteiger partial charge in [-0.15, -0.1) is 0 Å². The number of aryl methyl sites for hydroxylation is 2. The van der Waals surface area contributed by atoms with E-state index in [9.17, 15) is 9.18 Å². The van der Waals surface area contributed by atoms with Gasteiger partial charge in [0, 0.05) is 19.3 Å². The van der Waals surface area contributed by atoms with Gasteiger partial charge in [-0.25, -0.2) is 4.39 Å². The monoisotopic (exact) mass is 290 g/mol. The Morgan fingerprint density at radius 1 is 1.38 bits per heavy atom. The summed E-state index contributed by atoms with van der Waals surface area (Å²) < 4.78 is 14.6. The quantitative estimate of drug-likeness (QED) is 0.914. The lowest BCUT2D eigenvalue weighted by Crippen LogP contribution is -2.34. The zero-order valence-corrected chi connectivity index (χ0v) is 12.2. The molecule has 112 valence electrons. The first-order valence-electron chi connectivity index (χ1n) is 6.81. The van der Waals surface area contributed by atoms with E-state index in [1.54, 1.807) is 34.8 Å². The number of carbonyl (C=O) groups excluding carboxylic acids is 1. The Labute approximate surface area is 123 Å². The Hall–Kier alpha value is -2.21. The number of hydrogen-bond acceptors (Lipinski definition) is 3. The van der Waals surface area contributed by atoms with Crippen molar-refractivity contribution in [3.8, 4) is 0 Å². The minimum absolute atomic E-state index is 0.168. The molecule has 21 heavy (non-hydrogen) atoms. The first kappa shape index (κ1) is 15.2. The molecule has 0 spiro atoms. The molecule has 1 amide bonds. The van der Waals surface area contributed by atoms with Crippen molar-refractivity contribution < 1.29 is 9.18 Å². The first-order valence-corrected chi connectivity index (χ1v) is 6.81. The predicted molar refractivity (Wildman–Crippen MR) is 79.7 cm³/mol. The number of nitrogens with two attached hydrogens (primary N) is 1. The van der Waals surface area contributed by atoms with E-state index < -0.39 is 0 Å². The molecule has 0 saturated heterocycles. The number of nitrogens with zero attached hydrogens (tertiary/aromatic N) is 3. The molecule has 0 fully saturated rings. The molecule has 0 saturated carbocycles. The van der Waals surface area contributed by atoms with Crippen molar-refractivity contribution in [1.82, 2.24) is 9.78 Å². The molecule has 6 heteroatoms. The van der Waals surface area contributed by atoms with E-state index >= 15 is 0 Å². The zero-order chi connectivity index (χ0) is 15.4. The fourth-order valence-corrected chi connectivity index (χ4v) is 2.17. The Bertz CT molecular complexity index is 621. The molecule has 1 aromatic carbocycles. The first-order chi connectivity index (χ1) is 10.0. The molecular formula is C15H19FN4O. The van der Waals surface area contributed by atoms with Crippen LogP contribution in [0.1, 0.15) is 22.6 Å². The van der Waals surface area contributed by atoms with E-state index in [1.165, 1.54) is 12.1 Å². The molecule has 0 aliphatic heterocycles. The lowest BCUT2D eigenvalue weighted by molar-refractivity contribution is 0.0977. The third-order valence-electron chi connectivity index (χ3n) is 3.19. The summed E-state index contributed by atoms with van der Waals surface area (Å²) in [5, 5.41) is 4.19. The van der Waals surface area contributed by atoms with Crippen molar-refractivity contribution in [2.24, 2.45) is 12.8 Å². The van der Waals surface area contributed by atoms with Gasteiger partial charge >= 0.3 is 0 Å². The Morgan fingerprint density at radius 3 is 2.57 bits per heavy atom. The SMILES string of the molecule is Cc1cc(C(=O)N(CCCN)c2ccc(F)cc2)n(C)n1. The van der Waals surface area contributed by atoms with Gasteiger partial charge in [0.2, 0.25) is 0 Å². The predicted octanol–water partition coefficient (Wildman–Crippen LogP) is 1.86. The summed E-state index contributed by atoms with van der Waals surface area (Å²) in [4.78, 5) is 14.3. The number of aromatic nitrogens is 2. The van der Waals surface area contributed by atoms with Gasteiger partial charge in [-0.2, -0.15) is 5.10 Å². The maximum Gasteiger partial charge on any atom is 0.276 e. The molecule has 0 radical (unpaired) electrons. The fraction of sp³-hybridized carbons (Fsp3) is 0.333. The summed E-state index contributed by atoms with van der Waals surface area (Å²) in [5.74, 6) is -0.500. The molecule has 1 heterocycles. The maximum atomic E-state index is 13.1. The highest BCUT2D eigenvalue weighted by molar-refractivity contribution is 6.05. The van der Waals surface area contributed by atoms with Crippen molar-refractivity contribution in [3.05, 3.63) is 47.5 Å². The molecule has 1 aromatic heterocycles. The van der Waals surface area contributed by atoms with Crippen molar-refractivity contribution >= 4 is 11.6 Å². The minimum atomic E-state index is -0.332. The molecule has 0 aliphatic rings. The molecule has 0 aliphatic carbocycles. The highest BCUT2D eigenvalue weighted by Gasteiger charge is 2.20. The molecule has 0 atom stereocenters. The Kier molecular flexibility index (Phi) is 4.70. The molecule has 5 nitrogen and oxygen atoms in total. The van der Waals surface area contributed by atoms with E-state index in [0.29, 0.717) is 30.9 Å². The van der Waals surface area contributed by atoms with Crippen LogP contribution in [0.5, 0.6) is 0 Å². The molecule has 2 rings (SSSR count).